The van der Waals surface area contributed by atoms with Gasteiger partial charge < -0.3 is 15.7 Å². The van der Waals surface area contributed by atoms with Crippen LogP contribution in [0.3, 0.4) is 0 Å². The number of nitrogens with zero attached hydrogens (tertiary/aromatic N) is 1. The first-order chi connectivity index (χ1) is 6.58. The predicted octanol–water partition coefficient (Wildman–Crippen LogP) is 0.0581. The summed E-state index contributed by atoms with van der Waals surface area (Å²) >= 11 is 0. The van der Waals surface area contributed by atoms with E-state index in [0.29, 0.717) is 19.6 Å². The van der Waals surface area contributed by atoms with Crippen molar-refractivity contribution in [2.75, 3.05) is 26.2 Å². The van der Waals surface area contributed by atoms with Crippen molar-refractivity contribution in [2.45, 2.75) is 20.8 Å². The quantitative estimate of drug-likeness (QED) is 0.640. The molecule has 0 aliphatic heterocycles. The van der Waals surface area contributed by atoms with Crippen molar-refractivity contribution < 1.29 is 9.90 Å². The summed E-state index contributed by atoms with van der Waals surface area (Å²) in [5.41, 5.74) is 5.55. The van der Waals surface area contributed by atoms with Gasteiger partial charge in [0.05, 0.1) is 12.5 Å². The van der Waals surface area contributed by atoms with Gasteiger partial charge in [0.1, 0.15) is 0 Å². The molecule has 0 spiro atoms. The molecule has 0 fully saturated rings. The maximum atomic E-state index is 11.9. The molecule has 14 heavy (non-hydrogen) atoms. The Morgan fingerprint density at radius 1 is 1.50 bits per heavy atom. The third-order valence-electron chi connectivity index (χ3n) is 2.44. The van der Waals surface area contributed by atoms with Crippen LogP contribution in [0.5, 0.6) is 0 Å². The number of amides is 1. The highest BCUT2D eigenvalue weighted by atomic mass is 16.3. The Balaban J connectivity index is 4.37. The van der Waals surface area contributed by atoms with Crippen LogP contribution in [0, 0.1) is 11.8 Å². The summed E-state index contributed by atoms with van der Waals surface area (Å²) in [5, 5.41) is 8.78. The molecule has 84 valence electrons. The van der Waals surface area contributed by atoms with Crippen molar-refractivity contribution in [1.29, 1.82) is 0 Å². The van der Waals surface area contributed by atoms with Crippen molar-refractivity contribution in [3.8, 4) is 0 Å². The molecule has 0 saturated carbocycles. The van der Waals surface area contributed by atoms with Gasteiger partial charge in [-0.25, -0.2) is 0 Å². The first-order valence-corrected chi connectivity index (χ1v) is 5.18. The van der Waals surface area contributed by atoms with Gasteiger partial charge >= 0.3 is 0 Å². The van der Waals surface area contributed by atoms with Crippen molar-refractivity contribution in [3.63, 3.8) is 0 Å². The summed E-state index contributed by atoms with van der Waals surface area (Å²) < 4.78 is 0. The molecule has 3 N–H and O–H groups in total. The zero-order valence-corrected chi connectivity index (χ0v) is 9.36. The first kappa shape index (κ1) is 13.4. The molecule has 0 aliphatic rings. The molecule has 4 nitrogen and oxygen atoms in total. The maximum absolute atomic E-state index is 11.9. The molecule has 0 aromatic rings. The summed E-state index contributed by atoms with van der Waals surface area (Å²) in [6.07, 6.45) is 0. The Morgan fingerprint density at radius 2 is 2.07 bits per heavy atom. The second-order valence-corrected chi connectivity index (χ2v) is 3.73. The molecule has 0 saturated heterocycles. The van der Waals surface area contributed by atoms with Gasteiger partial charge in [-0.05, 0) is 12.8 Å². The average Bonchev–Trinajstić information content (AvgIpc) is 2.14. The number of carbonyl (C=O) groups is 1. The molecule has 0 aromatic heterocycles. The van der Waals surface area contributed by atoms with Crippen molar-refractivity contribution >= 4 is 5.91 Å². The number of rotatable bonds is 6. The standard InChI is InChI=1S/C10H22N2O2/c1-4-12(5-6-13)10(14)9(7-11)8(2)3/h8-9,13H,4-7,11H2,1-3H3. The molecule has 0 rings (SSSR count). The zero-order chi connectivity index (χ0) is 11.1. The Kier molecular flexibility index (Phi) is 6.49. The van der Waals surface area contributed by atoms with Gasteiger partial charge in [0.2, 0.25) is 5.91 Å². The molecule has 0 aliphatic carbocycles. The van der Waals surface area contributed by atoms with E-state index in [0.717, 1.165) is 0 Å². The lowest BCUT2D eigenvalue weighted by Gasteiger charge is -2.26. The van der Waals surface area contributed by atoms with Gasteiger partial charge in [-0.2, -0.15) is 0 Å². The number of aliphatic hydroxyl groups is 1. The molecular formula is C10H22N2O2. The van der Waals surface area contributed by atoms with Gasteiger partial charge in [-0.3, -0.25) is 4.79 Å². The first-order valence-electron chi connectivity index (χ1n) is 5.18. The molecule has 1 amide bonds. The lowest BCUT2D eigenvalue weighted by atomic mass is 9.94. The van der Waals surface area contributed by atoms with Crippen molar-refractivity contribution in [3.05, 3.63) is 0 Å². The minimum atomic E-state index is -0.124. The zero-order valence-electron chi connectivity index (χ0n) is 9.36. The Labute approximate surface area is 86.1 Å². The number of nitrogens with two attached hydrogens (primary N) is 1. The fourth-order valence-corrected chi connectivity index (χ4v) is 1.44. The van der Waals surface area contributed by atoms with Gasteiger partial charge in [-0.15, -0.1) is 0 Å². The van der Waals surface area contributed by atoms with Crippen molar-refractivity contribution in [1.82, 2.24) is 4.90 Å². The Bertz CT molecular complexity index is 172. The van der Waals surface area contributed by atoms with Crippen LogP contribution in [0.4, 0.5) is 0 Å². The van der Waals surface area contributed by atoms with Crippen LogP contribution in [0.15, 0.2) is 0 Å². The smallest absolute Gasteiger partial charge is 0.227 e. The lowest BCUT2D eigenvalue weighted by molar-refractivity contribution is -0.136. The third kappa shape index (κ3) is 3.64. The molecule has 1 atom stereocenters. The summed E-state index contributed by atoms with van der Waals surface area (Å²) in [5.74, 6) is 0.181. The van der Waals surface area contributed by atoms with E-state index in [2.05, 4.69) is 0 Å². The summed E-state index contributed by atoms with van der Waals surface area (Å²) in [4.78, 5) is 13.5. The number of aliphatic hydroxyl groups excluding tert-OH is 1. The van der Waals surface area contributed by atoms with Crippen LogP contribution in [0.1, 0.15) is 20.8 Å². The van der Waals surface area contributed by atoms with Crippen LogP contribution >= 0.6 is 0 Å². The van der Waals surface area contributed by atoms with E-state index in [1.165, 1.54) is 0 Å². The van der Waals surface area contributed by atoms with Gasteiger partial charge in [0.15, 0.2) is 0 Å². The van der Waals surface area contributed by atoms with E-state index in [1.807, 2.05) is 20.8 Å². The SMILES string of the molecule is CCN(CCO)C(=O)C(CN)C(C)C. The largest absolute Gasteiger partial charge is 0.395 e. The number of carbonyl (C=O) groups excluding carboxylic acids is 1. The molecule has 4 heteroatoms. The van der Waals surface area contributed by atoms with Gasteiger partial charge in [0.25, 0.3) is 0 Å². The summed E-state index contributed by atoms with van der Waals surface area (Å²) in [6.45, 7) is 7.29. The number of likely N-dealkylation sites (N-methyl/N-ethyl adjacent to an activating group) is 1. The second kappa shape index (κ2) is 6.79. The molecule has 0 heterocycles. The maximum Gasteiger partial charge on any atom is 0.227 e. The molecule has 0 bridgehead atoms. The summed E-state index contributed by atoms with van der Waals surface area (Å²) in [7, 11) is 0. The highest BCUT2D eigenvalue weighted by Crippen LogP contribution is 2.12. The molecule has 0 aromatic carbocycles. The minimum absolute atomic E-state index is 0.00890. The van der Waals surface area contributed by atoms with Crippen LogP contribution in [-0.4, -0.2) is 42.2 Å². The number of hydrogen-bond donors (Lipinski definition) is 2. The van der Waals surface area contributed by atoms with E-state index in [1.54, 1.807) is 4.90 Å². The summed E-state index contributed by atoms with van der Waals surface area (Å²) in [6, 6.07) is 0. The highest BCUT2D eigenvalue weighted by Gasteiger charge is 2.24. The van der Waals surface area contributed by atoms with Crippen LogP contribution in [0.25, 0.3) is 0 Å². The lowest BCUT2D eigenvalue weighted by Crippen LogP contribution is -2.42. The van der Waals surface area contributed by atoms with Crippen molar-refractivity contribution in [2.24, 2.45) is 17.6 Å². The third-order valence-corrected chi connectivity index (χ3v) is 2.44. The Morgan fingerprint density at radius 3 is 2.36 bits per heavy atom. The van der Waals surface area contributed by atoms with Crippen LogP contribution in [0.2, 0.25) is 0 Å². The van der Waals surface area contributed by atoms with E-state index in [-0.39, 0.29) is 24.3 Å². The van der Waals surface area contributed by atoms with Crippen LogP contribution in [-0.2, 0) is 4.79 Å². The van der Waals surface area contributed by atoms with Crippen LogP contribution < -0.4 is 5.73 Å². The normalized spacial score (nSPS) is 13.0. The number of hydrogen-bond acceptors (Lipinski definition) is 3. The van der Waals surface area contributed by atoms with E-state index < -0.39 is 0 Å². The topological polar surface area (TPSA) is 66.6 Å². The fourth-order valence-electron chi connectivity index (χ4n) is 1.44. The monoisotopic (exact) mass is 202 g/mol. The van der Waals surface area contributed by atoms with Gasteiger partial charge in [0, 0.05) is 19.6 Å². The average molecular weight is 202 g/mol. The Hall–Kier alpha value is -0.610. The van der Waals surface area contributed by atoms with E-state index >= 15 is 0 Å². The van der Waals surface area contributed by atoms with E-state index in [4.69, 9.17) is 10.8 Å². The highest BCUT2D eigenvalue weighted by molar-refractivity contribution is 5.79. The van der Waals surface area contributed by atoms with Gasteiger partial charge in [-0.1, -0.05) is 13.8 Å². The van der Waals surface area contributed by atoms with E-state index in [9.17, 15) is 4.79 Å². The minimum Gasteiger partial charge on any atom is -0.395 e. The second-order valence-electron chi connectivity index (χ2n) is 3.73. The molecule has 1 unspecified atom stereocenters. The molecular weight excluding hydrogens is 180 g/mol. The predicted molar refractivity (Wildman–Crippen MR) is 56.7 cm³/mol. The molecule has 0 radical (unpaired) electrons. The fraction of sp³-hybridized carbons (Fsp3) is 0.900.